The summed E-state index contributed by atoms with van der Waals surface area (Å²) in [6.45, 7) is 4.55. The summed E-state index contributed by atoms with van der Waals surface area (Å²) in [6.07, 6.45) is 0. The summed E-state index contributed by atoms with van der Waals surface area (Å²) in [4.78, 5) is 17.2. The summed E-state index contributed by atoms with van der Waals surface area (Å²) < 4.78 is 51.1. The maximum atomic E-state index is 13.1. The summed E-state index contributed by atoms with van der Waals surface area (Å²) in [5, 5.41) is 6.61. The van der Waals surface area contributed by atoms with E-state index in [9.17, 15) is 17.6 Å². The van der Waals surface area contributed by atoms with E-state index in [4.69, 9.17) is 9.26 Å². The second-order valence-electron chi connectivity index (χ2n) is 7.65. The minimum absolute atomic E-state index is 0.0843. The van der Waals surface area contributed by atoms with Crippen molar-refractivity contribution in [2.75, 3.05) is 26.3 Å². The molecule has 0 spiro atoms. The maximum Gasteiger partial charge on any atom is 0.251 e. The van der Waals surface area contributed by atoms with Crippen LogP contribution in [0.4, 0.5) is 4.39 Å². The van der Waals surface area contributed by atoms with Crippen LogP contribution in [0.2, 0.25) is 0 Å². The van der Waals surface area contributed by atoms with Crippen molar-refractivity contribution in [3.8, 4) is 11.4 Å². The lowest BCUT2D eigenvalue weighted by molar-refractivity contribution is 0.0730. The van der Waals surface area contributed by atoms with Crippen molar-refractivity contribution >= 4 is 15.9 Å². The lowest BCUT2D eigenvalue weighted by atomic mass is 10.1. The lowest BCUT2D eigenvalue weighted by Crippen LogP contribution is -2.41. The monoisotopic (exact) mass is 474 g/mol. The average molecular weight is 475 g/mol. The average Bonchev–Trinajstić information content (AvgIpc) is 3.31. The molecule has 174 valence electrons. The number of ether oxygens (including phenoxy) is 1. The van der Waals surface area contributed by atoms with E-state index >= 15 is 0 Å². The molecule has 3 aromatic rings. The molecular formula is C22H23FN4O5S. The predicted octanol–water partition coefficient (Wildman–Crippen LogP) is 2.70. The largest absolute Gasteiger partial charge is 0.379 e. The quantitative estimate of drug-likeness (QED) is 0.584. The van der Waals surface area contributed by atoms with Crippen LogP contribution >= 0.6 is 0 Å². The summed E-state index contributed by atoms with van der Waals surface area (Å²) in [6, 6.07) is 9.53. The third-order valence-electron chi connectivity index (χ3n) is 5.30. The van der Waals surface area contributed by atoms with E-state index in [1.165, 1.54) is 34.6 Å². The van der Waals surface area contributed by atoms with E-state index in [-0.39, 0.29) is 41.1 Å². The zero-order chi connectivity index (χ0) is 23.6. The fourth-order valence-electron chi connectivity index (χ4n) is 3.41. The molecule has 0 radical (unpaired) electrons. The fraction of sp³-hybridized carbons (Fsp3) is 0.318. The van der Waals surface area contributed by atoms with Gasteiger partial charge in [-0.3, -0.25) is 4.79 Å². The number of amides is 1. The molecule has 33 heavy (non-hydrogen) atoms. The van der Waals surface area contributed by atoms with Gasteiger partial charge in [0.1, 0.15) is 11.9 Å². The van der Waals surface area contributed by atoms with Crippen LogP contribution in [-0.2, 0) is 14.8 Å². The zero-order valence-corrected chi connectivity index (χ0v) is 18.9. The van der Waals surface area contributed by atoms with Crippen LogP contribution in [0.3, 0.4) is 0 Å². The van der Waals surface area contributed by atoms with Crippen LogP contribution in [0.1, 0.15) is 34.8 Å². The predicted molar refractivity (Wildman–Crippen MR) is 116 cm³/mol. The lowest BCUT2D eigenvalue weighted by Gasteiger charge is -2.26. The molecule has 1 atom stereocenters. The van der Waals surface area contributed by atoms with Gasteiger partial charge in [0.05, 0.1) is 18.1 Å². The molecule has 4 rings (SSSR count). The third kappa shape index (κ3) is 4.95. The van der Waals surface area contributed by atoms with Gasteiger partial charge in [-0.05, 0) is 55.8 Å². The molecule has 1 amide bonds. The molecule has 11 heteroatoms. The Morgan fingerprint density at radius 2 is 1.85 bits per heavy atom. The van der Waals surface area contributed by atoms with E-state index in [1.807, 2.05) is 0 Å². The minimum atomic E-state index is -3.75. The molecule has 0 saturated carbocycles. The molecule has 0 aliphatic carbocycles. The molecular weight excluding hydrogens is 451 g/mol. The molecule has 1 fully saturated rings. The van der Waals surface area contributed by atoms with Gasteiger partial charge in [-0.15, -0.1) is 0 Å². The third-order valence-corrected chi connectivity index (χ3v) is 7.34. The van der Waals surface area contributed by atoms with Gasteiger partial charge in [-0.25, -0.2) is 12.8 Å². The maximum absolute atomic E-state index is 13.1. The van der Waals surface area contributed by atoms with Gasteiger partial charge in [0.2, 0.25) is 21.7 Å². The molecule has 1 aliphatic rings. The summed E-state index contributed by atoms with van der Waals surface area (Å²) in [5.41, 5.74) is 1.31. The first-order valence-electron chi connectivity index (χ1n) is 10.3. The van der Waals surface area contributed by atoms with Gasteiger partial charge in [-0.1, -0.05) is 11.2 Å². The van der Waals surface area contributed by atoms with Crippen molar-refractivity contribution in [1.29, 1.82) is 0 Å². The summed E-state index contributed by atoms with van der Waals surface area (Å²) >= 11 is 0. The second-order valence-corrected chi connectivity index (χ2v) is 9.56. The van der Waals surface area contributed by atoms with Gasteiger partial charge in [0.25, 0.3) is 5.91 Å². The normalized spacial score (nSPS) is 15.8. The van der Waals surface area contributed by atoms with Crippen molar-refractivity contribution in [2.24, 2.45) is 0 Å². The Bertz CT molecular complexity index is 1250. The highest BCUT2D eigenvalue weighted by Crippen LogP contribution is 2.23. The molecule has 1 saturated heterocycles. The number of benzene rings is 2. The Morgan fingerprint density at radius 1 is 1.15 bits per heavy atom. The molecule has 0 bridgehead atoms. The van der Waals surface area contributed by atoms with Crippen molar-refractivity contribution in [2.45, 2.75) is 24.8 Å². The number of hydrogen-bond acceptors (Lipinski definition) is 7. The van der Waals surface area contributed by atoms with Gasteiger partial charge >= 0.3 is 0 Å². The molecule has 1 aromatic heterocycles. The number of nitrogens with zero attached hydrogens (tertiary/aromatic N) is 3. The highest BCUT2D eigenvalue weighted by atomic mass is 32.2. The first-order valence-corrected chi connectivity index (χ1v) is 11.8. The topological polar surface area (TPSA) is 115 Å². The Kier molecular flexibility index (Phi) is 6.54. The number of sulfonamides is 1. The highest BCUT2D eigenvalue weighted by molar-refractivity contribution is 7.89. The number of morpholine rings is 1. The SMILES string of the molecule is Cc1ccc(C(=O)NC(C)c2nc(-c3ccc(F)cc3)no2)cc1S(=O)(=O)N1CCOCC1. The van der Waals surface area contributed by atoms with E-state index in [0.717, 1.165) is 0 Å². The molecule has 1 N–H and O–H groups in total. The van der Waals surface area contributed by atoms with Crippen molar-refractivity contribution < 1.29 is 26.9 Å². The minimum Gasteiger partial charge on any atom is -0.379 e. The smallest absolute Gasteiger partial charge is 0.251 e. The Morgan fingerprint density at radius 3 is 2.55 bits per heavy atom. The van der Waals surface area contributed by atoms with E-state index in [0.29, 0.717) is 24.3 Å². The van der Waals surface area contributed by atoms with E-state index < -0.39 is 22.0 Å². The van der Waals surface area contributed by atoms with Crippen LogP contribution in [0.15, 0.2) is 51.9 Å². The van der Waals surface area contributed by atoms with Crippen LogP contribution in [-0.4, -0.2) is 55.1 Å². The van der Waals surface area contributed by atoms with E-state index in [1.54, 1.807) is 26.0 Å². The van der Waals surface area contributed by atoms with Crippen molar-refractivity contribution in [3.63, 3.8) is 0 Å². The molecule has 2 aromatic carbocycles. The Labute approximate surface area is 190 Å². The summed E-state index contributed by atoms with van der Waals surface area (Å²) in [5.74, 6) is -0.435. The molecule has 1 aliphatic heterocycles. The fourth-order valence-corrected chi connectivity index (χ4v) is 5.07. The Hall–Kier alpha value is -3.15. The first kappa shape index (κ1) is 23.0. The van der Waals surface area contributed by atoms with Gasteiger partial charge in [0, 0.05) is 24.2 Å². The summed E-state index contributed by atoms with van der Waals surface area (Å²) in [7, 11) is -3.75. The van der Waals surface area contributed by atoms with Crippen LogP contribution in [0.25, 0.3) is 11.4 Å². The standard InChI is InChI=1S/C22H23FN4O5S/c1-14-3-4-17(13-19(14)33(29,30)27-9-11-31-12-10-27)21(28)24-15(2)22-25-20(26-32-22)16-5-7-18(23)8-6-16/h3-8,13,15H,9-12H2,1-2H3,(H,24,28). The number of nitrogens with one attached hydrogen (secondary N) is 1. The number of carbonyl (C=O) groups is 1. The molecule has 1 unspecified atom stereocenters. The first-order chi connectivity index (χ1) is 15.8. The van der Waals surface area contributed by atoms with Crippen LogP contribution < -0.4 is 5.32 Å². The number of hydrogen-bond donors (Lipinski definition) is 1. The van der Waals surface area contributed by atoms with Gasteiger partial charge < -0.3 is 14.6 Å². The number of carbonyl (C=O) groups excluding carboxylic acids is 1. The molecule has 2 heterocycles. The zero-order valence-electron chi connectivity index (χ0n) is 18.1. The van der Waals surface area contributed by atoms with Gasteiger partial charge in [0.15, 0.2) is 0 Å². The number of aromatic nitrogens is 2. The Balaban J connectivity index is 1.51. The number of halogens is 1. The molecule has 9 nitrogen and oxygen atoms in total. The van der Waals surface area contributed by atoms with Crippen molar-refractivity contribution in [3.05, 3.63) is 65.3 Å². The number of aryl methyl sites for hydroxylation is 1. The van der Waals surface area contributed by atoms with E-state index in [2.05, 4.69) is 15.5 Å². The van der Waals surface area contributed by atoms with Crippen molar-refractivity contribution in [1.82, 2.24) is 19.8 Å². The highest BCUT2D eigenvalue weighted by Gasteiger charge is 2.29. The van der Waals surface area contributed by atoms with Crippen LogP contribution in [0, 0.1) is 12.7 Å². The number of rotatable bonds is 6. The second kappa shape index (κ2) is 9.38. The van der Waals surface area contributed by atoms with Crippen LogP contribution in [0.5, 0.6) is 0 Å². The van der Waals surface area contributed by atoms with Gasteiger partial charge in [-0.2, -0.15) is 9.29 Å².